The summed E-state index contributed by atoms with van der Waals surface area (Å²) in [6, 6.07) is 0. The van der Waals surface area contributed by atoms with Crippen molar-refractivity contribution in [3.05, 3.63) is 11.0 Å². The molecule has 2 aliphatic rings. The lowest BCUT2D eigenvalue weighted by Crippen LogP contribution is -2.37. The van der Waals surface area contributed by atoms with Gasteiger partial charge in [0.25, 0.3) is 0 Å². The molecule has 26 heavy (non-hydrogen) atoms. The van der Waals surface area contributed by atoms with Gasteiger partial charge in [-0.2, -0.15) is 4.98 Å². The maximum absolute atomic E-state index is 6.19. The highest BCUT2D eigenvalue weighted by Crippen LogP contribution is 2.32. The first-order chi connectivity index (χ1) is 12.8. The van der Waals surface area contributed by atoms with Crippen LogP contribution in [0.25, 0.3) is 0 Å². The Morgan fingerprint density at radius 2 is 2.12 bits per heavy atom. The van der Waals surface area contributed by atoms with Crippen LogP contribution in [0.1, 0.15) is 38.3 Å². The predicted octanol–water partition coefficient (Wildman–Crippen LogP) is 3.16. The molecule has 2 fully saturated rings. The Labute approximate surface area is 159 Å². The zero-order valence-corrected chi connectivity index (χ0v) is 16.1. The van der Waals surface area contributed by atoms with Crippen LogP contribution in [0.2, 0.25) is 5.28 Å². The molecule has 8 heteroatoms. The van der Waals surface area contributed by atoms with Crippen LogP contribution in [-0.2, 0) is 20.6 Å². The van der Waals surface area contributed by atoms with Gasteiger partial charge >= 0.3 is 0 Å². The van der Waals surface area contributed by atoms with Crippen molar-refractivity contribution in [3.63, 3.8) is 0 Å². The number of morpholine rings is 1. The average Bonchev–Trinajstić information content (AvgIpc) is 2.68. The topological polar surface area (TPSA) is 69.1 Å². The fourth-order valence-electron chi connectivity index (χ4n) is 3.19. The minimum absolute atomic E-state index is 0.0604. The van der Waals surface area contributed by atoms with Gasteiger partial charge in [-0.3, -0.25) is 4.99 Å². The van der Waals surface area contributed by atoms with Gasteiger partial charge in [0.05, 0.1) is 25.5 Å². The smallest absolute Gasteiger partial charge is 0.224 e. The van der Waals surface area contributed by atoms with E-state index in [0.29, 0.717) is 19.8 Å². The highest BCUT2D eigenvalue weighted by Gasteiger charge is 2.21. The normalized spacial score (nSPS) is 21.5. The molecule has 0 bridgehead atoms. The maximum atomic E-state index is 6.19. The Balaban J connectivity index is 1.65. The molecule has 0 saturated carbocycles. The first kappa shape index (κ1) is 19.5. The molecule has 3 heterocycles. The predicted molar refractivity (Wildman–Crippen MR) is 102 cm³/mol. The second-order valence-corrected chi connectivity index (χ2v) is 6.71. The lowest BCUT2D eigenvalue weighted by Gasteiger charge is -2.29. The summed E-state index contributed by atoms with van der Waals surface area (Å²) in [6.45, 7) is 6.25. The zero-order valence-electron chi connectivity index (χ0n) is 15.3. The third-order valence-electron chi connectivity index (χ3n) is 4.48. The lowest BCUT2D eigenvalue weighted by atomic mass is 10.2. The van der Waals surface area contributed by atoms with E-state index in [2.05, 4.69) is 19.9 Å². The summed E-state index contributed by atoms with van der Waals surface area (Å²) in [5.41, 5.74) is 1.66. The van der Waals surface area contributed by atoms with Crippen LogP contribution in [0.3, 0.4) is 0 Å². The van der Waals surface area contributed by atoms with Gasteiger partial charge in [-0.15, -0.1) is 0 Å². The number of aryl methyl sites for hydroxylation is 1. The average molecular weight is 383 g/mol. The van der Waals surface area contributed by atoms with Crippen LogP contribution in [0.5, 0.6) is 0 Å². The van der Waals surface area contributed by atoms with E-state index in [1.807, 2.05) is 6.92 Å². The largest absolute Gasteiger partial charge is 0.378 e. The fourth-order valence-corrected chi connectivity index (χ4v) is 3.37. The minimum atomic E-state index is -0.0604. The van der Waals surface area contributed by atoms with Gasteiger partial charge in [-0.05, 0) is 50.6 Å². The van der Waals surface area contributed by atoms with E-state index < -0.39 is 0 Å². The summed E-state index contributed by atoms with van der Waals surface area (Å²) in [4.78, 5) is 15.6. The molecular weight excluding hydrogens is 356 g/mol. The van der Waals surface area contributed by atoms with E-state index >= 15 is 0 Å². The van der Waals surface area contributed by atoms with Crippen molar-refractivity contribution in [2.24, 2.45) is 4.99 Å². The Hall–Kier alpha value is -1.28. The molecule has 1 aromatic heterocycles. The van der Waals surface area contributed by atoms with Crippen LogP contribution in [0.15, 0.2) is 4.99 Å². The summed E-state index contributed by atoms with van der Waals surface area (Å²) in [5.74, 6) is 0.790. The van der Waals surface area contributed by atoms with E-state index in [1.165, 1.54) is 6.42 Å². The van der Waals surface area contributed by atoms with Crippen molar-refractivity contribution in [2.75, 3.05) is 44.4 Å². The summed E-state index contributed by atoms with van der Waals surface area (Å²) in [5, 5.41) is 0.257. The number of rotatable bonds is 7. The van der Waals surface area contributed by atoms with Gasteiger partial charge in [0.2, 0.25) is 5.28 Å². The molecule has 1 unspecified atom stereocenters. The number of halogens is 1. The van der Waals surface area contributed by atoms with Crippen LogP contribution in [0, 0.1) is 0 Å². The first-order valence-electron chi connectivity index (χ1n) is 9.39. The number of hydrogen-bond donors (Lipinski definition) is 0. The van der Waals surface area contributed by atoms with E-state index in [0.717, 1.165) is 62.6 Å². The quantitative estimate of drug-likeness (QED) is 0.410. The Kier molecular flexibility index (Phi) is 7.61. The monoisotopic (exact) mass is 382 g/mol. The van der Waals surface area contributed by atoms with Crippen LogP contribution in [0.4, 0.5) is 11.5 Å². The van der Waals surface area contributed by atoms with Crippen molar-refractivity contribution in [1.82, 2.24) is 9.97 Å². The summed E-state index contributed by atoms with van der Waals surface area (Å²) < 4.78 is 16.9. The highest BCUT2D eigenvalue weighted by molar-refractivity contribution is 6.28. The molecule has 2 saturated heterocycles. The molecule has 0 spiro atoms. The fraction of sp³-hybridized carbons (Fsp3) is 0.722. The molecular formula is C18H27ClN4O3. The lowest BCUT2D eigenvalue weighted by molar-refractivity contribution is -0.162. The second kappa shape index (κ2) is 10.2. The third-order valence-corrected chi connectivity index (χ3v) is 4.65. The number of nitrogens with zero attached hydrogens (tertiary/aromatic N) is 4. The van der Waals surface area contributed by atoms with Crippen molar-refractivity contribution < 1.29 is 14.2 Å². The van der Waals surface area contributed by atoms with Crippen molar-refractivity contribution >= 4 is 29.3 Å². The molecule has 7 nitrogen and oxygen atoms in total. The standard InChI is InChI=1S/C18H27ClN4O3/c1-2-20-16-14(6-5-11-26-15-7-3-4-10-25-15)21-18(19)22-17(16)23-8-12-24-13-9-23/h2,15H,3-13H2,1H3. The number of anilines is 1. The van der Waals surface area contributed by atoms with Gasteiger partial charge < -0.3 is 19.1 Å². The Morgan fingerprint density at radius 3 is 2.85 bits per heavy atom. The summed E-state index contributed by atoms with van der Waals surface area (Å²) in [7, 11) is 0. The molecule has 0 aliphatic carbocycles. The van der Waals surface area contributed by atoms with Crippen molar-refractivity contribution in [1.29, 1.82) is 0 Å². The minimum Gasteiger partial charge on any atom is -0.378 e. The van der Waals surface area contributed by atoms with E-state index in [4.69, 9.17) is 25.8 Å². The number of aliphatic imine (C=N–C) groups is 1. The zero-order chi connectivity index (χ0) is 18.2. The maximum Gasteiger partial charge on any atom is 0.224 e. The highest BCUT2D eigenvalue weighted by atomic mass is 35.5. The number of ether oxygens (including phenoxy) is 3. The van der Waals surface area contributed by atoms with Gasteiger partial charge in [0.1, 0.15) is 5.69 Å². The van der Waals surface area contributed by atoms with Crippen molar-refractivity contribution in [2.45, 2.75) is 45.3 Å². The van der Waals surface area contributed by atoms with E-state index in [9.17, 15) is 0 Å². The third kappa shape index (κ3) is 5.36. The summed E-state index contributed by atoms with van der Waals surface area (Å²) in [6.07, 6.45) is 6.56. The molecule has 0 amide bonds. The molecule has 144 valence electrons. The molecule has 3 rings (SSSR count). The van der Waals surface area contributed by atoms with Crippen LogP contribution in [-0.4, -0.2) is 62.0 Å². The second-order valence-electron chi connectivity index (χ2n) is 6.37. The molecule has 0 N–H and O–H groups in total. The first-order valence-corrected chi connectivity index (χ1v) is 9.76. The van der Waals surface area contributed by atoms with Crippen molar-refractivity contribution in [3.8, 4) is 0 Å². The molecule has 0 aromatic carbocycles. The van der Waals surface area contributed by atoms with Gasteiger partial charge in [0, 0.05) is 25.9 Å². The van der Waals surface area contributed by atoms with Gasteiger partial charge in [-0.25, -0.2) is 4.98 Å². The molecule has 1 atom stereocenters. The number of aromatic nitrogens is 2. The van der Waals surface area contributed by atoms with Crippen LogP contribution < -0.4 is 4.90 Å². The molecule has 1 aromatic rings. The number of hydrogen-bond acceptors (Lipinski definition) is 7. The molecule has 0 radical (unpaired) electrons. The van der Waals surface area contributed by atoms with Gasteiger partial charge in [-0.1, -0.05) is 0 Å². The van der Waals surface area contributed by atoms with E-state index in [1.54, 1.807) is 6.21 Å². The molecule has 2 aliphatic heterocycles. The Morgan fingerprint density at radius 1 is 1.27 bits per heavy atom. The van der Waals surface area contributed by atoms with E-state index in [-0.39, 0.29) is 11.6 Å². The SMILES string of the molecule is CC=Nc1c(CCCOC2CCCCO2)nc(Cl)nc1N1CCOCC1. The van der Waals surface area contributed by atoms with Crippen LogP contribution >= 0.6 is 11.6 Å². The Bertz CT molecular complexity index is 602. The van der Waals surface area contributed by atoms with Gasteiger partial charge in [0.15, 0.2) is 12.1 Å². The summed E-state index contributed by atoms with van der Waals surface area (Å²) >= 11 is 6.19.